The highest BCUT2D eigenvalue weighted by molar-refractivity contribution is 5.82. The van der Waals surface area contributed by atoms with Crippen molar-refractivity contribution in [2.45, 2.75) is 89.3 Å². The maximum absolute atomic E-state index is 12.6. The van der Waals surface area contributed by atoms with Crippen LogP contribution in [0.5, 0.6) is 0 Å². The van der Waals surface area contributed by atoms with Gasteiger partial charge in [0.05, 0.1) is 12.1 Å². The Morgan fingerprint density at radius 3 is 2.53 bits per heavy atom. The lowest BCUT2D eigenvalue weighted by Crippen LogP contribution is -2.59. The number of nitrogens with zero attached hydrogens (tertiary/aromatic N) is 2. The number of hydrogen-bond acceptors (Lipinski definition) is 4. The van der Waals surface area contributed by atoms with Crippen LogP contribution in [0.15, 0.2) is 30.3 Å². The summed E-state index contributed by atoms with van der Waals surface area (Å²) in [5.41, 5.74) is 6.77. The highest BCUT2D eigenvalue weighted by atomic mass is 16.2. The minimum Gasteiger partial charge on any atom is -0.336 e. The van der Waals surface area contributed by atoms with Crippen LogP contribution in [0.25, 0.3) is 0 Å². The monoisotopic (exact) mass is 410 g/mol. The van der Waals surface area contributed by atoms with Gasteiger partial charge in [-0.05, 0) is 55.4 Å². The van der Waals surface area contributed by atoms with Gasteiger partial charge in [0.1, 0.15) is 5.54 Å². The number of piperidine rings is 1. The topological polar surface area (TPSA) is 82.1 Å². The summed E-state index contributed by atoms with van der Waals surface area (Å²) in [4.78, 5) is 15.2. The van der Waals surface area contributed by atoms with Gasteiger partial charge in [-0.15, -0.1) is 0 Å². The highest BCUT2D eigenvalue weighted by Gasteiger charge is 2.40. The first-order chi connectivity index (χ1) is 14.2. The average molecular weight is 411 g/mol. The maximum Gasteiger partial charge on any atom is 0.238 e. The van der Waals surface area contributed by atoms with Crippen molar-refractivity contribution < 1.29 is 4.79 Å². The van der Waals surface area contributed by atoms with E-state index >= 15 is 0 Å². The minimum atomic E-state index is -0.781. The van der Waals surface area contributed by atoms with Crippen molar-refractivity contribution in [2.75, 3.05) is 13.1 Å². The van der Waals surface area contributed by atoms with Crippen LogP contribution in [-0.2, 0) is 4.79 Å². The van der Waals surface area contributed by atoms with E-state index < -0.39 is 11.6 Å². The van der Waals surface area contributed by atoms with Crippen LogP contribution in [0.1, 0.15) is 77.2 Å². The smallest absolute Gasteiger partial charge is 0.238 e. The molecule has 1 aromatic carbocycles. The molecular weight excluding hydrogens is 372 g/mol. The van der Waals surface area contributed by atoms with E-state index in [-0.39, 0.29) is 11.3 Å². The van der Waals surface area contributed by atoms with Gasteiger partial charge >= 0.3 is 0 Å². The summed E-state index contributed by atoms with van der Waals surface area (Å²) in [6.45, 7) is 7.94. The molecule has 30 heavy (non-hydrogen) atoms. The van der Waals surface area contributed by atoms with Crippen molar-refractivity contribution in [1.29, 1.82) is 5.26 Å². The number of amides is 1. The Bertz CT molecular complexity index is 741. The van der Waals surface area contributed by atoms with Crippen molar-refractivity contribution in [3.05, 3.63) is 35.9 Å². The molecule has 5 heteroatoms. The number of carbonyl (C=O) groups is 1. The zero-order chi connectivity index (χ0) is 21.8. The fraction of sp³-hybridized carbons (Fsp3) is 0.680. The summed E-state index contributed by atoms with van der Waals surface area (Å²) < 4.78 is 0. The molecule has 0 bridgehead atoms. The Kier molecular flexibility index (Phi) is 7.21. The number of likely N-dealkylation sites (tertiary alicyclic amines) is 1. The summed E-state index contributed by atoms with van der Waals surface area (Å²) in [5.74, 6) is 0.435. The minimum absolute atomic E-state index is 0.0177. The van der Waals surface area contributed by atoms with Gasteiger partial charge in [-0.25, -0.2) is 0 Å². The third-order valence-corrected chi connectivity index (χ3v) is 6.83. The summed E-state index contributed by atoms with van der Waals surface area (Å²) in [5, 5.41) is 12.9. The van der Waals surface area contributed by atoms with Crippen molar-refractivity contribution in [3.8, 4) is 6.07 Å². The number of rotatable bonds is 5. The predicted molar refractivity (Wildman–Crippen MR) is 121 cm³/mol. The van der Waals surface area contributed by atoms with Crippen LogP contribution in [0, 0.1) is 16.7 Å². The largest absolute Gasteiger partial charge is 0.336 e. The molecule has 1 saturated carbocycles. The third kappa shape index (κ3) is 5.83. The Hall–Kier alpha value is -1.90. The predicted octanol–water partition coefficient (Wildman–Crippen LogP) is 3.95. The number of nitrogens with one attached hydrogen (secondary N) is 1. The second-order valence-corrected chi connectivity index (χ2v) is 10.5. The maximum atomic E-state index is 12.6. The van der Waals surface area contributed by atoms with Gasteiger partial charge in [-0.2, -0.15) is 5.26 Å². The second-order valence-electron chi connectivity index (χ2n) is 10.5. The van der Waals surface area contributed by atoms with E-state index in [4.69, 9.17) is 5.73 Å². The van der Waals surface area contributed by atoms with Crippen molar-refractivity contribution in [2.24, 2.45) is 11.1 Å². The lowest BCUT2D eigenvalue weighted by Gasteiger charge is -2.44. The molecule has 1 aliphatic carbocycles. The van der Waals surface area contributed by atoms with Crippen molar-refractivity contribution in [3.63, 3.8) is 0 Å². The first kappa shape index (κ1) is 22.8. The van der Waals surface area contributed by atoms with E-state index in [1.165, 1.54) is 31.2 Å². The van der Waals surface area contributed by atoms with E-state index in [0.29, 0.717) is 31.2 Å². The molecule has 0 aromatic heterocycles. The molecule has 3 unspecified atom stereocenters. The molecule has 2 fully saturated rings. The average Bonchev–Trinajstić information content (AvgIpc) is 2.74. The van der Waals surface area contributed by atoms with E-state index in [9.17, 15) is 10.1 Å². The van der Waals surface area contributed by atoms with Crippen LogP contribution in [0.2, 0.25) is 0 Å². The van der Waals surface area contributed by atoms with Gasteiger partial charge in [0, 0.05) is 19.1 Å². The molecule has 1 aliphatic heterocycles. The zero-order valence-corrected chi connectivity index (χ0v) is 18.9. The van der Waals surface area contributed by atoms with Crippen LogP contribution in [0.3, 0.4) is 0 Å². The van der Waals surface area contributed by atoms with Gasteiger partial charge in [0.15, 0.2) is 0 Å². The Balaban J connectivity index is 1.56. The van der Waals surface area contributed by atoms with E-state index in [2.05, 4.69) is 67.4 Å². The van der Waals surface area contributed by atoms with Crippen molar-refractivity contribution >= 4 is 5.91 Å². The fourth-order valence-electron chi connectivity index (χ4n) is 5.14. The molecule has 0 spiro atoms. The van der Waals surface area contributed by atoms with E-state index in [0.717, 1.165) is 13.1 Å². The third-order valence-electron chi connectivity index (χ3n) is 6.83. The van der Waals surface area contributed by atoms with Gasteiger partial charge in [0.25, 0.3) is 0 Å². The molecule has 3 atom stereocenters. The Morgan fingerprint density at radius 1 is 1.27 bits per heavy atom. The first-order valence-corrected chi connectivity index (χ1v) is 11.5. The van der Waals surface area contributed by atoms with Crippen LogP contribution >= 0.6 is 0 Å². The standard InChI is InChI=1S/C25H38N4O/c1-24(2,3)17-22(27)23(30)28-25(18-26)12-14-29(15-13-25)21-11-7-10-20(16-21)19-8-5-4-6-9-19/h4-6,8-9,20-22H,7,10-17,27H2,1-3H3,(H,28,30). The molecule has 1 heterocycles. The van der Waals surface area contributed by atoms with Crippen LogP contribution in [0.4, 0.5) is 0 Å². The SMILES string of the molecule is CC(C)(C)CC(N)C(=O)NC1(C#N)CCN(C2CCCC(c3ccccc3)C2)CC1. The van der Waals surface area contributed by atoms with Crippen LogP contribution < -0.4 is 11.1 Å². The number of carbonyl (C=O) groups excluding carboxylic acids is 1. The van der Waals surface area contributed by atoms with E-state index in [1.54, 1.807) is 0 Å². The van der Waals surface area contributed by atoms with Crippen LogP contribution in [-0.4, -0.2) is 41.5 Å². The summed E-state index contributed by atoms with van der Waals surface area (Å²) >= 11 is 0. The first-order valence-electron chi connectivity index (χ1n) is 11.5. The number of nitriles is 1. The van der Waals surface area contributed by atoms with Gasteiger partial charge in [-0.3, -0.25) is 4.79 Å². The lowest BCUT2D eigenvalue weighted by molar-refractivity contribution is -0.125. The molecular formula is C25H38N4O. The normalized spacial score (nSPS) is 25.8. The Labute approximate surface area is 182 Å². The van der Waals surface area contributed by atoms with Gasteiger partial charge in [0.2, 0.25) is 5.91 Å². The zero-order valence-electron chi connectivity index (χ0n) is 18.9. The second kappa shape index (κ2) is 9.49. The number of hydrogen-bond donors (Lipinski definition) is 2. The molecule has 2 aliphatic rings. The van der Waals surface area contributed by atoms with E-state index in [1.807, 2.05) is 0 Å². The van der Waals surface area contributed by atoms with Gasteiger partial charge < -0.3 is 16.0 Å². The summed E-state index contributed by atoms with van der Waals surface area (Å²) in [6, 6.07) is 13.3. The summed E-state index contributed by atoms with van der Waals surface area (Å²) in [6.07, 6.45) is 6.88. The van der Waals surface area contributed by atoms with Gasteiger partial charge in [-0.1, -0.05) is 57.5 Å². The molecule has 5 nitrogen and oxygen atoms in total. The molecule has 3 rings (SSSR count). The fourth-order valence-corrected chi connectivity index (χ4v) is 5.14. The Morgan fingerprint density at radius 2 is 1.93 bits per heavy atom. The molecule has 0 radical (unpaired) electrons. The van der Waals surface area contributed by atoms with Crippen molar-refractivity contribution in [1.82, 2.24) is 10.2 Å². The lowest BCUT2D eigenvalue weighted by atomic mass is 9.79. The molecule has 1 aromatic rings. The molecule has 1 saturated heterocycles. The molecule has 1 amide bonds. The summed E-state index contributed by atoms with van der Waals surface area (Å²) in [7, 11) is 0. The highest BCUT2D eigenvalue weighted by Crippen LogP contribution is 2.36. The molecule has 3 N–H and O–H groups in total. The quantitative estimate of drug-likeness (QED) is 0.770. The number of benzene rings is 1. The molecule has 164 valence electrons. The number of nitrogens with two attached hydrogens (primary N) is 1.